The van der Waals surface area contributed by atoms with Crippen LogP contribution in [0, 0.1) is 0 Å². The number of nitrogens with zero attached hydrogens (tertiary/aromatic N) is 1. The molecule has 34 heavy (non-hydrogen) atoms. The molecule has 3 aromatic rings. The summed E-state index contributed by atoms with van der Waals surface area (Å²) in [6.45, 7) is 9.35. The van der Waals surface area contributed by atoms with E-state index in [1.165, 1.54) is 25.3 Å². The summed E-state index contributed by atoms with van der Waals surface area (Å²) < 4.78 is 19.6. The van der Waals surface area contributed by atoms with Crippen LogP contribution in [0.4, 0.5) is 0 Å². The van der Waals surface area contributed by atoms with E-state index in [4.69, 9.17) is 14.0 Å². The zero-order valence-corrected chi connectivity index (χ0v) is 20.4. The fourth-order valence-corrected chi connectivity index (χ4v) is 4.47. The Morgan fingerprint density at radius 2 is 1.79 bits per heavy atom. The highest BCUT2D eigenvalue weighted by Gasteiger charge is 2.52. The molecular formula is C27H30BNO5. The van der Waals surface area contributed by atoms with Crippen LogP contribution in [0.25, 0.3) is 16.5 Å². The lowest BCUT2D eigenvalue weighted by atomic mass is 9.75. The molecule has 5 rings (SSSR count). The van der Waals surface area contributed by atoms with Crippen LogP contribution in [0.1, 0.15) is 64.5 Å². The van der Waals surface area contributed by atoms with Crippen molar-refractivity contribution in [2.24, 2.45) is 0 Å². The van der Waals surface area contributed by atoms with Crippen molar-refractivity contribution < 1.29 is 18.8 Å². The van der Waals surface area contributed by atoms with E-state index in [1.807, 2.05) is 58.0 Å². The highest BCUT2D eigenvalue weighted by atomic mass is 16.7. The Morgan fingerprint density at radius 1 is 1.09 bits per heavy atom. The minimum absolute atomic E-state index is 0.00993. The first-order valence-corrected chi connectivity index (χ1v) is 11.8. The van der Waals surface area contributed by atoms with Gasteiger partial charge in [0, 0.05) is 24.1 Å². The molecule has 1 saturated heterocycles. The van der Waals surface area contributed by atoms with Crippen LogP contribution in [0.15, 0.2) is 53.5 Å². The SMILES string of the molecule is CC(=O)OCc1c(B2OC(C)(C)C(C)(C)O2)cccc1-n1ccc2cc(C3CC3)ccc2c1=O. The second-order valence-corrected chi connectivity index (χ2v) is 10.3. The molecule has 2 aliphatic rings. The molecule has 2 heterocycles. The maximum Gasteiger partial charge on any atom is 0.495 e. The summed E-state index contributed by atoms with van der Waals surface area (Å²) in [6.07, 6.45) is 4.23. The molecular weight excluding hydrogens is 429 g/mol. The van der Waals surface area contributed by atoms with Gasteiger partial charge in [-0.1, -0.05) is 24.3 Å². The average Bonchev–Trinajstić information content (AvgIpc) is 3.59. The van der Waals surface area contributed by atoms with Gasteiger partial charge in [0.05, 0.1) is 16.9 Å². The normalized spacial score (nSPS) is 18.9. The van der Waals surface area contributed by atoms with Crippen LogP contribution in [-0.4, -0.2) is 28.9 Å². The third-order valence-electron chi connectivity index (χ3n) is 7.35. The van der Waals surface area contributed by atoms with Gasteiger partial charge in [-0.3, -0.25) is 14.2 Å². The van der Waals surface area contributed by atoms with Crippen molar-refractivity contribution in [1.82, 2.24) is 4.57 Å². The molecule has 0 N–H and O–H groups in total. The molecule has 1 aliphatic heterocycles. The van der Waals surface area contributed by atoms with Crippen molar-refractivity contribution in [3.05, 3.63) is 70.1 Å². The Bertz CT molecular complexity index is 1320. The summed E-state index contributed by atoms with van der Waals surface area (Å²) in [5, 5.41) is 1.60. The number of benzene rings is 2. The van der Waals surface area contributed by atoms with Crippen molar-refractivity contribution in [2.45, 2.75) is 71.2 Å². The lowest BCUT2D eigenvalue weighted by molar-refractivity contribution is -0.142. The zero-order chi connectivity index (χ0) is 24.3. The van der Waals surface area contributed by atoms with Crippen LogP contribution in [0.3, 0.4) is 0 Å². The molecule has 6 nitrogen and oxygen atoms in total. The van der Waals surface area contributed by atoms with Gasteiger partial charge < -0.3 is 14.0 Å². The number of pyridine rings is 1. The Balaban J connectivity index is 1.62. The number of fused-ring (bicyclic) bond motifs is 1. The van der Waals surface area contributed by atoms with Crippen LogP contribution in [0.2, 0.25) is 0 Å². The predicted octanol–water partition coefficient (Wildman–Crippen LogP) is 4.23. The quantitative estimate of drug-likeness (QED) is 0.422. The lowest BCUT2D eigenvalue weighted by Gasteiger charge is -2.32. The number of hydrogen-bond donors (Lipinski definition) is 0. The van der Waals surface area contributed by atoms with Crippen LogP contribution >= 0.6 is 0 Å². The molecule has 0 spiro atoms. The predicted molar refractivity (Wildman–Crippen MR) is 133 cm³/mol. The minimum atomic E-state index is -0.646. The molecule has 7 heteroatoms. The molecule has 2 fully saturated rings. The van der Waals surface area contributed by atoms with Gasteiger partial charge >= 0.3 is 13.1 Å². The zero-order valence-electron chi connectivity index (χ0n) is 20.4. The highest BCUT2D eigenvalue weighted by molar-refractivity contribution is 6.62. The van der Waals surface area contributed by atoms with E-state index in [9.17, 15) is 9.59 Å². The molecule has 2 aromatic carbocycles. The van der Waals surface area contributed by atoms with Gasteiger partial charge in [-0.2, -0.15) is 0 Å². The number of carbonyl (C=O) groups excluding carboxylic acids is 1. The molecule has 176 valence electrons. The highest BCUT2D eigenvalue weighted by Crippen LogP contribution is 2.40. The second-order valence-electron chi connectivity index (χ2n) is 10.3. The summed E-state index contributed by atoms with van der Waals surface area (Å²) >= 11 is 0. The summed E-state index contributed by atoms with van der Waals surface area (Å²) in [7, 11) is -0.646. The first-order chi connectivity index (χ1) is 16.1. The molecule has 0 radical (unpaired) electrons. The largest absolute Gasteiger partial charge is 0.495 e. The fraction of sp³-hybridized carbons (Fsp3) is 0.407. The summed E-state index contributed by atoms with van der Waals surface area (Å²) in [6, 6.07) is 13.7. The third-order valence-corrected chi connectivity index (χ3v) is 7.35. The molecule has 0 amide bonds. The first-order valence-electron chi connectivity index (χ1n) is 11.8. The maximum atomic E-state index is 13.5. The van der Waals surface area contributed by atoms with Gasteiger partial charge in [0.2, 0.25) is 0 Å². The van der Waals surface area contributed by atoms with E-state index in [2.05, 4.69) is 12.1 Å². The molecule has 1 saturated carbocycles. The van der Waals surface area contributed by atoms with Crippen molar-refractivity contribution in [1.29, 1.82) is 0 Å². The molecule has 1 aromatic heterocycles. The summed E-state index contributed by atoms with van der Waals surface area (Å²) in [4.78, 5) is 25.2. The summed E-state index contributed by atoms with van der Waals surface area (Å²) in [5.41, 5.74) is 2.21. The maximum absolute atomic E-state index is 13.5. The molecule has 0 atom stereocenters. The first kappa shape index (κ1) is 22.9. The monoisotopic (exact) mass is 459 g/mol. The average molecular weight is 459 g/mol. The third kappa shape index (κ3) is 3.97. The number of rotatable bonds is 5. The smallest absolute Gasteiger partial charge is 0.461 e. The van der Waals surface area contributed by atoms with E-state index in [0.29, 0.717) is 22.6 Å². The van der Waals surface area contributed by atoms with E-state index in [0.717, 1.165) is 10.8 Å². The fourth-order valence-electron chi connectivity index (χ4n) is 4.47. The Kier molecular flexibility index (Phi) is 5.45. The molecule has 0 unspecified atom stereocenters. The Morgan fingerprint density at radius 3 is 2.44 bits per heavy atom. The number of hydrogen-bond acceptors (Lipinski definition) is 5. The standard InChI is InChI=1S/C27H30BNO5/c1-17(30)32-16-22-23(28-33-26(2,3)27(4,5)34-28)7-6-8-24(22)29-14-13-20-15-19(18-9-10-18)11-12-21(20)25(29)31/h6-8,11-15,18H,9-10,16H2,1-5H3. The van der Waals surface area contributed by atoms with Gasteiger partial charge in [0.25, 0.3) is 5.56 Å². The van der Waals surface area contributed by atoms with Crippen molar-refractivity contribution >= 4 is 29.3 Å². The number of ether oxygens (including phenoxy) is 1. The van der Waals surface area contributed by atoms with Gasteiger partial charge in [-0.15, -0.1) is 0 Å². The van der Waals surface area contributed by atoms with Crippen LogP contribution < -0.4 is 11.0 Å². The molecule has 1 aliphatic carbocycles. The van der Waals surface area contributed by atoms with Gasteiger partial charge in [-0.05, 0) is 81.1 Å². The summed E-state index contributed by atoms with van der Waals surface area (Å²) in [5.74, 6) is 0.229. The topological polar surface area (TPSA) is 66.8 Å². The van der Waals surface area contributed by atoms with E-state index in [-0.39, 0.29) is 12.2 Å². The van der Waals surface area contributed by atoms with E-state index in [1.54, 1.807) is 10.8 Å². The van der Waals surface area contributed by atoms with Crippen LogP contribution in [0.5, 0.6) is 0 Å². The van der Waals surface area contributed by atoms with Crippen molar-refractivity contribution in [3.63, 3.8) is 0 Å². The van der Waals surface area contributed by atoms with Gasteiger partial charge in [0.15, 0.2) is 0 Å². The van der Waals surface area contributed by atoms with Crippen LogP contribution in [-0.2, 0) is 25.4 Å². The second kappa shape index (κ2) is 8.10. The van der Waals surface area contributed by atoms with E-state index >= 15 is 0 Å². The van der Waals surface area contributed by atoms with E-state index < -0.39 is 24.3 Å². The Labute approximate surface area is 200 Å². The number of aromatic nitrogens is 1. The number of esters is 1. The number of carbonyl (C=O) groups is 1. The minimum Gasteiger partial charge on any atom is -0.461 e. The van der Waals surface area contributed by atoms with Gasteiger partial charge in [0.1, 0.15) is 6.61 Å². The van der Waals surface area contributed by atoms with Crippen molar-refractivity contribution in [3.8, 4) is 5.69 Å². The Hall–Kier alpha value is -2.90. The lowest BCUT2D eigenvalue weighted by Crippen LogP contribution is -2.41. The molecule has 0 bridgehead atoms. The van der Waals surface area contributed by atoms with Crippen molar-refractivity contribution in [2.75, 3.05) is 0 Å². The van der Waals surface area contributed by atoms with Gasteiger partial charge in [-0.25, -0.2) is 0 Å².